The Kier molecular flexibility index (Phi) is 6.91. The fourth-order valence-corrected chi connectivity index (χ4v) is 4.57. The van der Waals surface area contributed by atoms with E-state index in [2.05, 4.69) is 4.98 Å². The molecule has 0 spiro atoms. The van der Waals surface area contributed by atoms with E-state index in [9.17, 15) is 9.59 Å². The summed E-state index contributed by atoms with van der Waals surface area (Å²) in [4.78, 5) is 29.3. The maximum Gasteiger partial charge on any atom is 0.339 e. The highest BCUT2D eigenvalue weighted by Crippen LogP contribution is 2.46. The number of allylic oxidation sites excluding steroid dienone is 1. The van der Waals surface area contributed by atoms with Gasteiger partial charge < -0.3 is 24.7 Å². The Morgan fingerprint density at radius 1 is 1.31 bits per heavy atom. The summed E-state index contributed by atoms with van der Waals surface area (Å²) in [6.07, 6.45) is 5.13. The lowest BCUT2D eigenvalue weighted by Crippen LogP contribution is -2.57. The number of ether oxygens (including phenoxy) is 2. The van der Waals surface area contributed by atoms with E-state index >= 15 is 0 Å². The van der Waals surface area contributed by atoms with Gasteiger partial charge in [-0.25, -0.2) is 14.6 Å². The summed E-state index contributed by atoms with van der Waals surface area (Å²) in [6, 6.07) is 9.13. The van der Waals surface area contributed by atoms with Crippen LogP contribution in [0.4, 0.5) is 5.82 Å². The third-order valence-corrected chi connectivity index (χ3v) is 6.91. The largest absolute Gasteiger partial charge is 0.482 e. The van der Waals surface area contributed by atoms with Crippen molar-refractivity contribution in [3.63, 3.8) is 0 Å². The molecule has 0 saturated carbocycles. The van der Waals surface area contributed by atoms with E-state index in [1.807, 2.05) is 26.0 Å². The summed E-state index contributed by atoms with van der Waals surface area (Å²) < 4.78 is 18.2. The van der Waals surface area contributed by atoms with Gasteiger partial charge in [-0.05, 0) is 75.9 Å². The predicted molar refractivity (Wildman–Crippen MR) is 137 cm³/mol. The Hall–Kier alpha value is -3.65. The van der Waals surface area contributed by atoms with Crippen LogP contribution in [-0.4, -0.2) is 33.9 Å². The average molecular weight is 493 g/mol. The normalized spacial score (nSPS) is 17.6. The Bertz CT molecular complexity index is 1390. The van der Waals surface area contributed by atoms with Crippen LogP contribution in [0.1, 0.15) is 50.8 Å². The number of esters is 1. The first-order chi connectivity index (χ1) is 17.1. The molecule has 0 unspecified atom stereocenters. The summed E-state index contributed by atoms with van der Waals surface area (Å²) in [5.74, 6) is 0.545. The zero-order valence-corrected chi connectivity index (χ0v) is 21.1. The minimum atomic E-state index is -1.04. The zero-order chi connectivity index (χ0) is 26.1. The van der Waals surface area contributed by atoms with Crippen LogP contribution < -0.4 is 16.1 Å². The van der Waals surface area contributed by atoms with E-state index in [1.165, 1.54) is 0 Å². The van der Waals surface area contributed by atoms with Gasteiger partial charge in [-0.15, -0.1) is 0 Å². The number of aromatic nitrogens is 1. The van der Waals surface area contributed by atoms with Gasteiger partial charge in [0.25, 0.3) is 0 Å². The second-order valence-electron chi connectivity index (χ2n) is 9.79. The topological polar surface area (TPSA) is 125 Å². The third kappa shape index (κ3) is 4.86. The third-order valence-electron chi connectivity index (χ3n) is 6.91. The molecular weight excluding hydrogens is 460 g/mol. The van der Waals surface area contributed by atoms with E-state index in [0.717, 1.165) is 16.5 Å². The molecule has 1 atom stereocenters. The van der Waals surface area contributed by atoms with Crippen molar-refractivity contribution in [1.29, 1.82) is 0 Å². The number of nitrogens with two attached hydrogens (primary N) is 1. The lowest BCUT2D eigenvalue weighted by Gasteiger charge is -2.42. The molecule has 3 heterocycles. The van der Waals surface area contributed by atoms with Crippen LogP contribution in [0, 0.1) is 0 Å². The first kappa shape index (κ1) is 25.4. The highest BCUT2D eigenvalue weighted by molar-refractivity contribution is 5.88. The molecular formula is C28H32N2O6. The molecule has 1 aliphatic heterocycles. The summed E-state index contributed by atoms with van der Waals surface area (Å²) >= 11 is 0. The molecule has 4 rings (SSSR count). The van der Waals surface area contributed by atoms with Crippen LogP contribution >= 0.6 is 0 Å². The number of anilines is 1. The van der Waals surface area contributed by atoms with Crippen molar-refractivity contribution in [2.75, 3.05) is 12.3 Å². The molecule has 0 aliphatic carbocycles. The lowest BCUT2D eigenvalue weighted by atomic mass is 9.77. The minimum Gasteiger partial charge on any atom is -0.482 e. The van der Waals surface area contributed by atoms with Gasteiger partial charge in [-0.3, -0.25) is 0 Å². The van der Waals surface area contributed by atoms with Gasteiger partial charge in [0.05, 0.1) is 0 Å². The van der Waals surface area contributed by atoms with Crippen molar-refractivity contribution in [3.05, 3.63) is 75.3 Å². The first-order valence-corrected chi connectivity index (χ1v) is 12.0. The molecule has 3 N–H and O–H groups in total. The Balaban J connectivity index is 1.78. The minimum absolute atomic E-state index is 0.00194. The average Bonchev–Trinajstić information content (AvgIpc) is 3.19. The van der Waals surface area contributed by atoms with Gasteiger partial charge in [0.15, 0.2) is 5.60 Å². The number of rotatable bonds is 8. The summed E-state index contributed by atoms with van der Waals surface area (Å²) in [6.45, 7) is 7.18. The highest BCUT2D eigenvalue weighted by Gasteiger charge is 2.54. The van der Waals surface area contributed by atoms with Crippen molar-refractivity contribution in [2.24, 2.45) is 0 Å². The van der Waals surface area contributed by atoms with E-state index in [-0.39, 0.29) is 6.61 Å². The van der Waals surface area contributed by atoms with Gasteiger partial charge in [-0.2, -0.15) is 0 Å². The van der Waals surface area contributed by atoms with Gasteiger partial charge in [-0.1, -0.05) is 6.08 Å². The molecule has 8 heteroatoms. The Morgan fingerprint density at radius 3 is 2.78 bits per heavy atom. The van der Waals surface area contributed by atoms with E-state index in [1.54, 1.807) is 44.3 Å². The van der Waals surface area contributed by atoms with E-state index in [4.69, 9.17) is 24.7 Å². The number of aliphatic hydroxyl groups excluding tert-OH is 1. The Labute approximate surface area is 209 Å². The Morgan fingerprint density at radius 2 is 2.08 bits per heavy atom. The zero-order valence-electron chi connectivity index (χ0n) is 21.1. The van der Waals surface area contributed by atoms with Crippen LogP contribution in [0.15, 0.2) is 57.4 Å². The molecule has 190 valence electrons. The van der Waals surface area contributed by atoms with Gasteiger partial charge >= 0.3 is 11.6 Å². The second kappa shape index (κ2) is 9.78. The molecule has 8 nitrogen and oxygen atoms in total. The van der Waals surface area contributed by atoms with Crippen LogP contribution in [0.5, 0.6) is 5.75 Å². The van der Waals surface area contributed by atoms with Crippen molar-refractivity contribution in [1.82, 2.24) is 4.98 Å². The number of carbonyl (C=O) groups excluding carboxylic acids is 1. The van der Waals surface area contributed by atoms with Crippen LogP contribution in [0.3, 0.4) is 0 Å². The molecule has 0 amide bonds. The standard InChI is InChI=1S/C28H32N2O6/c1-5-17(2)25(32)36-27(3,4)28(15-18-8-9-30-24(29)11-18)16-21-13-20-12-19(7-6-10-31)26(33)34-22(20)14-23(21)35-28/h5,8-9,11-14,31H,6-7,10,15-16H2,1-4H3,(H2,29,30)/b17-5+/t28-/m0/s1. The fraction of sp³-hybridized carbons (Fsp3) is 0.393. The van der Waals surface area contributed by atoms with Crippen molar-refractivity contribution in [2.45, 2.75) is 64.6 Å². The molecule has 36 heavy (non-hydrogen) atoms. The maximum atomic E-state index is 12.8. The van der Waals surface area contributed by atoms with Gasteiger partial charge in [0.2, 0.25) is 0 Å². The molecule has 0 fully saturated rings. The van der Waals surface area contributed by atoms with Crippen LogP contribution in [-0.2, 0) is 28.8 Å². The number of hydrogen-bond donors (Lipinski definition) is 2. The fourth-order valence-electron chi connectivity index (χ4n) is 4.57. The van der Waals surface area contributed by atoms with Crippen molar-refractivity contribution >= 4 is 22.8 Å². The van der Waals surface area contributed by atoms with Crippen LogP contribution in [0.25, 0.3) is 11.0 Å². The predicted octanol–water partition coefficient (Wildman–Crippen LogP) is 3.90. The van der Waals surface area contributed by atoms with Crippen LogP contribution in [0.2, 0.25) is 0 Å². The van der Waals surface area contributed by atoms with Crippen molar-refractivity contribution < 1.29 is 23.8 Å². The number of fused-ring (bicyclic) bond motifs is 2. The molecule has 1 aliphatic rings. The molecule has 0 saturated heterocycles. The number of nitrogens with zero attached hydrogens (tertiary/aromatic N) is 1. The van der Waals surface area contributed by atoms with Gasteiger partial charge in [0, 0.05) is 48.2 Å². The molecule has 0 radical (unpaired) electrons. The second-order valence-corrected chi connectivity index (χ2v) is 9.79. The number of benzene rings is 1. The molecule has 2 aromatic heterocycles. The summed E-state index contributed by atoms with van der Waals surface area (Å²) in [5, 5.41) is 9.91. The van der Waals surface area contributed by atoms with E-state index in [0.29, 0.717) is 54.0 Å². The summed E-state index contributed by atoms with van der Waals surface area (Å²) in [7, 11) is 0. The number of pyridine rings is 1. The number of nitrogen functional groups attached to an aromatic ring is 1. The van der Waals surface area contributed by atoms with Gasteiger partial charge in [0.1, 0.15) is 22.8 Å². The smallest absolute Gasteiger partial charge is 0.339 e. The number of carbonyl (C=O) groups is 1. The quantitative estimate of drug-likeness (QED) is 0.276. The number of hydrogen-bond acceptors (Lipinski definition) is 8. The van der Waals surface area contributed by atoms with Crippen molar-refractivity contribution in [3.8, 4) is 5.75 Å². The molecule has 0 bridgehead atoms. The molecule has 1 aromatic carbocycles. The number of aliphatic hydroxyl groups is 1. The first-order valence-electron chi connectivity index (χ1n) is 12.0. The number of aryl methyl sites for hydroxylation is 1. The SMILES string of the molecule is C/C=C(\C)C(=O)OC(C)(C)[C@]1(Cc2ccnc(N)c2)Cc2cc3cc(CCCO)c(=O)oc3cc2O1. The van der Waals surface area contributed by atoms with E-state index < -0.39 is 22.8 Å². The highest BCUT2D eigenvalue weighted by atomic mass is 16.6. The maximum absolute atomic E-state index is 12.8. The summed E-state index contributed by atoms with van der Waals surface area (Å²) in [5.41, 5.74) is 6.76. The lowest BCUT2D eigenvalue weighted by molar-refractivity contribution is -0.174. The monoisotopic (exact) mass is 492 g/mol. The molecule has 3 aromatic rings.